The van der Waals surface area contributed by atoms with Gasteiger partial charge < -0.3 is 25.6 Å². The molecular weight excluding hydrogens is 304 g/mol. The number of anilines is 1. The summed E-state index contributed by atoms with van der Waals surface area (Å²) in [6.07, 6.45) is -1.41. The lowest BCUT2D eigenvalue weighted by Crippen LogP contribution is -2.47. The minimum Gasteiger partial charge on any atom is -0.479 e. The van der Waals surface area contributed by atoms with Crippen molar-refractivity contribution in [1.29, 1.82) is 0 Å². The predicted octanol–water partition coefficient (Wildman–Crippen LogP) is 0.683. The second-order valence-corrected chi connectivity index (χ2v) is 4.44. The first-order valence-electron chi connectivity index (χ1n) is 6.09. The number of nitrogens with zero attached hydrogens (tertiary/aromatic N) is 1. The molecule has 1 atom stereocenters. The molecular formula is C12H15F2N3O5. The van der Waals surface area contributed by atoms with E-state index in [1.165, 1.54) is 18.3 Å². The van der Waals surface area contributed by atoms with Crippen molar-refractivity contribution in [3.8, 4) is 5.88 Å². The van der Waals surface area contributed by atoms with Gasteiger partial charge in [-0.1, -0.05) is 0 Å². The number of rotatable bonds is 7. The van der Waals surface area contributed by atoms with E-state index in [9.17, 15) is 23.5 Å². The van der Waals surface area contributed by atoms with Gasteiger partial charge in [-0.25, -0.2) is 23.4 Å². The first-order chi connectivity index (χ1) is 10.2. The third kappa shape index (κ3) is 5.48. The van der Waals surface area contributed by atoms with Crippen LogP contribution in [-0.2, 0) is 4.79 Å². The smallest absolute Gasteiger partial charge is 0.337 e. The lowest BCUT2D eigenvalue weighted by Gasteiger charge is -2.18. The molecule has 10 heteroatoms. The van der Waals surface area contributed by atoms with Crippen molar-refractivity contribution >= 4 is 17.7 Å². The van der Waals surface area contributed by atoms with Crippen LogP contribution in [0.5, 0.6) is 5.88 Å². The fourth-order valence-electron chi connectivity index (χ4n) is 1.24. The number of aliphatic carboxylic acids is 1. The van der Waals surface area contributed by atoms with Crippen LogP contribution < -0.4 is 15.4 Å². The molecule has 0 aromatic carbocycles. The van der Waals surface area contributed by atoms with E-state index in [2.05, 4.69) is 15.6 Å². The van der Waals surface area contributed by atoms with E-state index in [0.29, 0.717) is 0 Å². The molecule has 0 radical (unpaired) electrons. The first-order valence-corrected chi connectivity index (χ1v) is 6.09. The Balaban J connectivity index is 2.63. The van der Waals surface area contributed by atoms with E-state index < -0.39 is 37.2 Å². The van der Waals surface area contributed by atoms with Crippen LogP contribution in [-0.4, -0.2) is 52.4 Å². The molecule has 0 saturated heterocycles. The van der Waals surface area contributed by atoms with Crippen molar-refractivity contribution in [2.75, 3.05) is 18.5 Å². The zero-order valence-corrected chi connectivity index (χ0v) is 11.5. The minimum atomic E-state index is -2.70. The Morgan fingerprint density at radius 1 is 1.50 bits per heavy atom. The highest BCUT2D eigenvalue weighted by atomic mass is 19.3. The van der Waals surface area contributed by atoms with Crippen molar-refractivity contribution in [3.63, 3.8) is 0 Å². The average Bonchev–Trinajstić information content (AvgIpc) is 2.44. The van der Waals surface area contributed by atoms with E-state index in [0.717, 1.165) is 6.92 Å². The van der Waals surface area contributed by atoms with Gasteiger partial charge in [0.2, 0.25) is 5.88 Å². The van der Waals surface area contributed by atoms with Gasteiger partial charge in [0.05, 0.1) is 6.54 Å². The largest absolute Gasteiger partial charge is 0.479 e. The maximum absolute atomic E-state index is 12.1. The summed E-state index contributed by atoms with van der Waals surface area (Å²) in [6.45, 7) is -0.431. The van der Waals surface area contributed by atoms with Gasteiger partial charge in [-0.15, -0.1) is 0 Å². The Hall–Kier alpha value is -2.49. The maximum Gasteiger partial charge on any atom is 0.337 e. The second-order valence-electron chi connectivity index (χ2n) is 4.44. The molecule has 0 aliphatic rings. The van der Waals surface area contributed by atoms with Crippen molar-refractivity contribution in [2.45, 2.75) is 19.0 Å². The molecule has 0 spiro atoms. The van der Waals surface area contributed by atoms with Crippen LogP contribution >= 0.6 is 0 Å². The summed E-state index contributed by atoms with van der Waals surface area (Å²) in [6, 6.07) is 1.96. The molecule has 22 heavy (non-hydrogen) atoms. The number of amides is 2. The van der Waals surface area contributed by atoms with Gasteiger partial charge in [0, 0.05) is 6.20 Å². The Bertz CT molecular complexity index is 539. The zero-order valence-electron chi connectivity index (χ0n) is 11.5. The first kappa shape index (κ1) is 17.6. The molecule has 122 valence electrons. The summed E-state index contributed by atoms with van der Waals surface area (Å²) in [5.41, 5.74) is -2.11. The van der Waals surface area contributed by atoms with E-state index in [1.807, 2.05) is 0 Å². The van der Waals surface area contributed by atoms with Crippen LogP contribution in [0.25, 0.3) is 0 Å². The van der Waals surface area contributed by atoms with Crippen molar-refractivity contribution in [3.05, 3.63) is 18.3 Å². The topological polar surface area (TPSA) is 121 Å². The maximum atomic E-state index is 12.1. The third-order valence-corrected chi connectivity index (χ3v) is 2.42. The number of nitrogens with one attached hydrogen (secondary N) is 2. The van der Waals surface area contributed by atoms with Crippen LogP contribution in [0.1, 0.15) is 6.92 Å². The fourth-order valence-corrected chi connectivity index (χ4v) is 1.24. The van der Waals surface area contributed by atoms with E-state index in [4.69, 9.17) is 9.84 Å². The molecule has 1 aromatic rings. The molecule has 1 unspecified atom stereocenters. The Morgan fingerprint density at radius 2 is 2.18 bits per heavy atom. The molecule has 2 amide bonds. The van der Waals surface area contributed by atoms with Gasteiger partial charge in [-0.05, 0) is 19.1 Å². The van der Waals surface area contributed by atoms with Crippen LogP contribution in [0.15, 0.2) is 18.3 Å². The molecule has 4 N–H and O–H groups in total. The van der Waals surface area contributed by atoms with Crippen LogP contribution in [0.4, 0.5) is 19.3 Å². The number of pyridine rings is 1. The van der Waals surface area contributed by atoms with Gasteiger partial charge in [-0.2, -0.15) is 0 Å². The molecule has 1 heterocycles. The fraction of sp³-hybridized carbons (Fsp3) is 0.417. The Morgan fingerprint density at radius 3 is 2.77 bits per heavy atom. The highest BCUT2D eigenvalue weighted by Gasteiger charge is 2.30. The molecule has 1 aromatic heterocycles. The van der Waals surface area contributed by atoms with E-state index in [-0.39, 0.29) is 11.6 Å². The highest BCUT2D eigenvalue weighted by Crippen LogP contribution is 2.20. The van der Waals surface area contributed by atoms with E-state index in [1.54, 1.807) is 0 Å². The number of urea groups is 1. The van der Waals surface area contributed by atoms with Crippen molar-refractivity contribution in [1.82, 2.24) is 10.3 Å². The number of ether oxygens (including phenoxy) is 1. The lowest BCUT2D eigenvalue weighted by molar-refractivity contribution is -0.155. The standard InChI is InChI=1S/C12H15F2N3O5/c1-12(21,10(18)19)6-16-11(20)17-7-3-2-4-15-9(7)22-5-8(13)14/h2-4,8,21H,5-6H2,1H3,(H,18,19)(H2,16,17,20). The number of alkyl halides is 2. The number of aromatic nitrogens is 1. The second kappa shape index (κ2) is 7.50. The quantitative estimate of drug-likeness (QED) is 0.586. The summed E-state index contributed by atoms with van der Waals surface area (Å²) in [5, 5.41) is 22.5. The number of aliphatic hydroxyl groups is 1. The van der Waals surface area contributed by atoms with Crippen LogP contribution in [0, 0.1) is 0 Å². The molecule has 0 fully saturated rings. The number of carboxylic acid groups (broad SMARTS) is 1. The highest BCUT2D eigenvalue weighted by molar-refractivity contribution is 5.91. The van der Waals surface area contributed by atoms with E-state index >= 15 is 0 Å². The average molecular weight is 319 g/mol. The summed E-state index contributed by atoms with van der Waals surface area (Å²) < 4.78 is 28.9. The van der Waals surface area contributed by atoms with Crippen LogP contribution in [0.2, 0.25) is 0 Å². The number of carbonyl (C=O) groups excluding carboxylic acids is 1. The van der Waals surface area contributed by atoms with Gasteiger partial charge in [-0.3, -0.25) is 0 Å². The predicted molar refractivity (Wildman–Crippen MR) is 71.0 cm³/mol. The molecule has 0 bridgehead atoms. The molecule has 0 saturated carbocycles. The SMILES string of the molecule is CC(O)(CNC(=O)Nc1cccnc1OCC(F)F)C(=O)O. The van der Waals surface area contributed by atoms with Crippen molar-refractivity contribution in [2.24, 2.45) is 0 Å². The summed E-state index contributed by atoms with van der Waals surface area (Å²) in [7, 11) is 0. The summed E-state index contributed by atoms with van der Waals surface area (Å²) >= 11 is 0. The normalized spacial score (nSPS) is 13.3. The number of carboxylic acids is 1. The number of hydrogen-bond donors (Lipinski definition) is 4. The lowest BCUT2D eigenvalue weighted by atomic mass is 10.1. The molecule has 0 aliphatic heterocycles. The van der Waals surface area contributed by atoms with Gasteiger partial charge in [0.1, 0.15) is 5.69 Å². The Labute approximate surface area is 124 Å². The van der Waals surface area contributed by atoms with Crippen molar-refractivity contribution < 1.29 is 33.3 Å². The third-order valence-electron chi connectivity index (χ3n) is 2.42. The molecule has 1 rings (SSSR count). The summed E-state index contributed by atoms with van der Waals surface area (Å²) in [4.78, 5) is 26.0. The Kier molecular flexibility index (Phi) is 5.99. The number of carbonyl (C=O) groups is 2. The van der Waals surface area contributed by atoms with Crippen LogP contribution in [0.3, 0.4) is 0 Å². The molecule has 8 nitrogen and oxygen atoms in total. The van der Waals surface area contributed by atoms with Gasteiger partial charge in [0.15, 0.2) is 12.2 Å². The van der Waals surface area contributed by atoms with Gasteiger partial charge in [0.25, 0.3) is 6.43 Å². The molecule has 0 aliphatic carbocycles. The zero-order chi connectivity index (χ0) is 16.8. The van der Waals surface area contributed by atoms with Gasteiger partial charge >= 0.3 is 12.0 Å². The summed E-state index contributed by atoms with van der Waals surface area (Å²) in [5.74, 6) is -1.71. The number of halogens is 2. The monoisotopic (exact) mass is 319 g/mol. The number of hydrogen-bond acceptors (Lipinski definition) is 5. The minimum absolute atomic E-state index is 0.0237.